The largest absolute Gasteiger partial charge is 0.451 e. The Kier molecular flexibility index (Phi) is 3.76. The number of rotatable bonds is 4. The molecule has 0 aliphatic heterocycles. The minimum atomic E-state index is -0.348. The number of aryl methyl sites for hydroxylation is 3. The first kappa shape index (κ1) is 12.8. The summed E-state index contributed by atoms with van der Waals surface area (Å²) in [7, 11) is 0. The average molecular weight is 266 g/mol. The van der Waals surface area contributed by atoms with Crippen molar-refractivity contribution in [3.05, 3.63) is 33.1 Å². The topological polar surface area (TPSA) is 65.2 Å². The molecule has 5 nitrogen and oxygen atoms in total. The van der Waals surface area contributed by atoms with Crippen LogP contribution in [-0.4, -0.2) is 16.1 Å². The van der Waals surface area contributed by atoms with Crippen LogP contribution in [0.3, 0.4) is 0 Å². The van der Waals surface area contributed by atoms with Crippen LogP contribution in [0, 0.1) is 13.8 Å². The second-order valence-corrected chi connectivity index (χ2v) is 5.02. The van der Waals surface area contributed by atoms with Crippen molar-refractivity contribution in [1.29, 1.82) is 0 Å². The van der Waals surface area contributed by atoms with E-state index in [4.69, 9.17) is 9.26 Å². The van der Waals surface area contributed by atoms with Crippen LogP contribution in [0.2, 0.25) is 0 Å². The van der Waals surface area contributed by atoms with Crippen LogP contribution in [0.25, 0.3) is 0 Å². The summed E-state index contributed by atoms with van der Waals surface area (Å²) in [4.78, 5) is 17.6. The van der Waals surface area contributed by atoms with Crippen molar-refractivity contribution in [3.63, 3.8) is 0 Å². The third-order valence-electron chi connectivity index (χ3n) is 2.44. The molecule has 0 atom stereocenters. The Bertz CT molecular complexity index is 559. The van der Waals surface area contributed by atoms with Gasteiger partial charge >= 0.3 is 5.97 Å². The fourth-order valence-corrected chi connectivity index (χ4v) is 2.58. The third kappa shape index (κ3) is 2.76. The number of ether oxygens (including phenoxy) is 1. The lowest BCUT2D eigenvalue weighted by Crippen LogP contribution is -2.03. The van der Waals surface area contributed by atoms with Gasteiger partial charge in [0.25, 0.3) is 5.89 Å². The van der Waals surface area contributed by atoms with E-state index in [0.29, 0.717) is 16.6 Å². The first-order valence-corrected chi connectivity index (χ1v) is 6.47. The lowest BCUT2D eigenvalue weighted by molar-refractivity contribution is 0.0435. The molecular weight excluding hydrogens is 252 g/mol. The molecule has 0 saturated carbocycles. The molecule has 2 rings (SSSR count). The fourth-order valence-electron chi connectivity index (χ4n) is 1.57. The van der Waals surface area contributed by atoms with Crippen LogP contribution in [0.5, 0.6) is 0 Å². The van der Waals surface area contributed by atoms with E-state index in [1.165, 1.54) is 16.2 Å². The first-order valence-electron chi connectivity index (χ1n) is 5.65. The quantitative estimate of drug-likeness (QED) is 0.796. The van der Waals surface area contributed by atoms with Crippen LogP contribution in [0.15, 0.2) is 10.6 Å². The van der Waals surface area contributed by atoms with Crippen LogP contribution in [0.4, 0.5) is 0 Å². The average Bonchev–Trinajstić information content (AvgIpc) is 2.92. The van der Waals surface area contributed by atoms with Crippen molar-refractivity contribution < 1.29 is 14.1 Å². The molecular formula is C12H14N2O3S. The number of hydrogen-bond donors (Lipinski definition) is 0. The van der Waals surface area contributed by atoms with Gasteiger partial charge in [-0.1, -0.05) is 12.1 Å². The molecule has 0 radical (unpaired) electrons. The molecule has 0 aromatic carbocycles. The van der Waals surface area contributed by atoms with Crippen molar-refractivity contribution >= 4 is 17.3 Å². The number of carbonyl (C=O) groups excluding carboxylic acids is 1. The number of aromatic nitrogens is 2. The highest BCUT2D eigenvalue weighted by Gasteiger charge is 2.14. The van der Waals surface area contributed by atoms with Crippen molar-refractivity contribution in [2.24, 2.45) is 0 Å². The Hall–Kier alpha value is -1.69. The molecule has 0 aliphatic rings. The number of hydrogen-bond acceptors (Lipinski definition) is 6. The van der Waals surface area contributed by atoms with E-state index in [1.54, 1.807) is 6.92 Å². The minimum Gasteiger partial charge on any atom is -0.451 e. The zero-order valence-corrected chi connectivity index (χ0v) is 11.3. The Morgan fingerprint density at radius 2 is 2.28 bits per heavy atom. The maximum atomic E-state index is 11.8. The van der Waals surface area contributed by atoms with Gasteiger partial charge < -0.3 is 9.26 Å². The van der Waals surface area contributed by atoms with E-state index in [9.17, 15) is 4.79 Å². The highest BCUT2D eigenvalue weighted by molar-refractivity contribution is 7.14. The molecule has 96 valence electrons. The molecule has 0 N–H and O–H groups in total. The van der Waals surface area contributed by atoms with E-state index in [0.717, 1.165) is 12.0 Å². The zero-order chi connectivity index (χ0) is 13.1. The Morgan fingerprint density at radius 3 is 2.83 bits per heavy atom. The predicted octanol–water partition coefficient (Wildman–Crippen LogP) is 2.67. The molecule has 0 amide bonds. The van der Waals surface area contributed by atoms with Crippen molar-refractivity contribution in [3.8, 4) is 0 Å². The normalized spacial score (nSPS) is 10.6. The highest BCUT2D eigenvalue weighted by Crippen LogP contribution is 2.23. The summed E-state index contributed by atoms with van der Waals surface area (Å²) in [5.41, 5.74) is 1.13. The second-order valence-electron chi connectivity index (χ2n) is 3.88. The van der Waals surface area contributed by atoms with Gasteiger partial charge in [-0.25, -0.2) is 4.79 Å². The minimum absolute atomic E-state index is 0.0120. The van der Waals surface area contributed by atoms with Crippen LogP contribution >= 0.6 is 11.3 Å². The van der Waals surface area contributed by atoms with Gasteiger partial charge in [0.2, 0.25) is 0 Å². The number of thiophene rings is 1. The highest BCUT2D eigenvalue weighted by atomic mass is 32.1. The van der Waals surface area contributed by atoms with Gasteiger partial charge in [-0.3, -0.25) is 0 Å². The van der Waals surface area contributed by atoms with E-state index in [1.807, 2.05) is 13.0 Å². The first-order chi connectivity index (χ1) is 8.60. The molecule has 2 aromatic rings. The summed E-state index contributed by atoms with van der Waals surface area (Å²) in [6, 6.07) is 1.85. The number of nitrogens with zero attached hydrogens (tertiary/aromatic N) is 2. The van der Waals surface area contributed by atoms with Gasteiger partial charge in [-0.05, 0) is 31.9 Å². The molecule has 0 bridgehead atoms. The third-order valence-corrected chi connectivity index (χ3v) is 3.80. The van der Waals surface area contributed by atoms with Gasteiger partial charge in [0.05, 0.1) is 0 Å². The summed E-state index contributed by atoms with van der Waals surface area (Å²) < 4.78 is 9.98. The van der Waals surface area contributed by atoms with Gasteiger partial charge in [0, 0.05) is 4.88 Å². The maximum absolute atomic E-state index is 11.8. The molecule has 2 heterocycles. The number of esters is 1. The summed E-state index contributed by atoms with van der Waals surface area (Å²) in [6.07, 6.45) is 0.923. The fraction of sp³-hybridized carbons (Fsp3) is 0.417. The van der Waals surface area contributed by atoms with Crippen molar-refractivity contribution in [1.82, 2.24) is 10.1 Å². The van der Waals surface area contributed by atoms with E-state index in [2.05, 4.69) is 17.1 Å². The lowest BCUT2D eigenvalue weighted by atomic mass is 10.2. The van der Waals surface area contributed by atoms with Crippen molar-refractivity contribution in [2.45, 2.75) is 33.8 Å². The monoisotopic (exact) mass is 266 g/mol. The van der Waals surface area contributed by atoms with E-state index < -0.39 is 0 Å². The predicted molar refractivity (Wildman–Crippen MR) is 66.6 cm³/mol. The van der Waals surface area contributed by atoms with E-state index in [-0.39, 0.29) is 12.6 Å². The SMILES string of the molecule is CCc1sc(C(=O)OCc2nc(C)no2)cc1C. The molecule has 0 unspecified atom stereocenters. The smallest absolute Gasteiger partial charge is 0.348 e. The van der Waals surface area contributed by atoms with Crippen LogP contribution in [0.1, 0.15) is 38.8 Å². The van der Waals surface area contributed by atoms with Gasteiger partial charge in [-0.2, -0.15) is 4.98 Å². The van der Waals surface area contributed by atoms with E-state index >= 15 is 0 Å². The summed E-state index contributed by atoms with van der Waals surface area (Å²) in [6.45, 7) is 5.78. The maximum Gasteiger partial charge on any atom is 0.348 e. The molecule has 2 aromatic heterocycles. The van der Waals surface area contributed by atoms with Gasteiger partial charge in [0.15, 0.2) is 12.4 Å². The molecule has 0 aliphatic carbocycles. The summed E-state index contributed by atoms with van der Waals surface area (Å²) in [5.74, 6) is 0.491. The van der Waals surface area contributed by atoms with Crippen LogP contribution in [-0.2, 0) is 17.8 Å². The Morgan fingerprint density at radius 1 is 1.50 bits per heavy atom. The van der Waals surface area contributed by atoms with Crippen LogP contribution < -0.4 is 0 Å². The molecule has 6 heteroatoms. The van der Waals surface area contributed by atoms with Gasteiger partial charge in [-0.15, -0.1) is 11.3 Å². The number of carbonyl (C=O) groups is 1. The Balaban J connectivity index is 1.99. The summed E-state index contributed by atoms with van der Waals surface area (Å²) >= 11 is 1.47. The molecule has 0 fully saturated rings. The second kappa shape index (κ2) is 5.30. The molecule has 18 heavy (non-hydrogen) atoms. The standard InChI is InChI=1S/C12H14N2O3S/c1-4-9-7(2)5-10(18-9)12(15)16-6-11-13-8(3)14-17-11/h5H,4,6H2,1-3H3. The lowest BCUT2D eigenvalue weighted by Gasteiger charge is -1.98. The molecule has 0 saturated heterocycles. The van der Waals surface area contributed by atoms with Gasteiger partial charge in [0.1, 0.15) is 4.88 Å². The Labute approximate surface area is 109 Å². The molecule has 0 spiro atoms. The zero-order valence-electron chi connectivity index (χ0n) is 10.5. The van der Waals surface area contributed by atoms with Crippen molar-refractivity contribution in [2.75, 3.05) is 0 Å². The summed E-state index contributed by atoms with van der Waals surface area (Å²) in [5, 5.41) is 3.62.